The SMILES string of the molecule is CCOC(=O)c1sc2cccc(F)c2c1CN1CCN(C)CC1. The van der Waals surface area contributed by atoms with Gasteiger partial charge in [-0.1, -0.05) is 6.07 Å². The third kappa shape index (κ3) is 3.39. The fourth-order valence-corrected chi connectivity index (χ4v) is 4.03. The summed E-state index contributed by atoms with van der Waals surface area (Å²) in [6.07, 6.45) is 0. The van der Waals surface area contributed by atoms with Crippen molar-refractivity contribution in [1.82, 2.24) is 9.80 Å². The van der Waals surface area contributed by atoms with Crippen molar-refractivity contribution < 1.29 is 13.9 Å². The van der Waals surface area contributed by atoms with Gasteiger partial charge in [-0.05, 0) is 26.1 Å². The molecule has 1 fully saturated rings. The molecule has 0 saturated carbocycles. The molecule has 6 heteroatoms. The van der Waals surface area contributed by atoms with E-state index in [1.165, 1.54) is 17.4 Å². The minimum atomic E-state index is -0.350. The fraction of sp³-hybridized carbons (Fsp3) is 0.471. The number of likely N-dealkylation sites (N-methyl/N-ethyl adjacent to an activating group) is 1. The van der Waals surface area contributed by atoms with Crippen molar-refractivity contribution in [3.63, 3.8) is 0 Å². The van der Waals surface area contributed by atoms with Gasteiger partial charge in [-0.15, -0.1) is 11.3 Å². The normalized spacial score (nSPS) is 16.8. The van der Waals surface area contributed by atoms with Gasteiger partial charge in [0.2, 0.25) is 0 Å². The maximum absolute atomic E-state index is 14.4. The van der Waals surface area contributed by atoms with Crippen molar-refractivity contribution in [3.05, 3.63) is 34.5 Å². The number of carbonyl (C=O) groups is 1. The van der Waals surface area contributed by atoms with Gasteiger partial charge in [0.05, 0.1) is 6.61 Å². The number of fused-ring (bicyclic) bond motifs is 1. The summed E-state index contributed by atoms with van der Waals surface area (Å²) < 4.78 is 20.3. The molecule has 0 unspecified atom stereocenters. The van der Waals surface area contributed by atoms with Gasteiger partial charge in [0.25, 0.3) is 0 Å². The molecule has 124 valence electrons. The van der Waals surface area contributed by atoms with Crippen molar-refractivity contribution in [2.75, 3.05) is 39.8 Å². The van der Waals surface area contributed by atoms with E-state index in [1.807, 2.05) is 6.07 Å². The first-order valence-corrected chi connectivity index (χ1v) is 8.69. The molecular weight excluding hydrogens is 315 g/mol. The number of esters is 1. The zero-order chi connectivity index (χ0) is 16.4. The number of ether oxygens (including phenoxy) is 1. The smallest absolute Gasteiger partial charge is 0.348 e. The second-order valence-electron chi connectivity index (χ2n) is 5.82. The summed E-state index contributed by atoms with van der Waals surface area (Å²) >= 11 is 1.32. The van der Waals surface area contributed by atoms with E-state index < -0.39 is 0 Å². The van der Waals surface area contributed by atoms with Crippen LogP contribution in [-0.4, -0.2) is 55.6 Å². The quantitative estimate of drug-likeness (QED) is 0.804. The summed E-state index contributed by atoms with van der Waals surface area (Å²) in [5.41, 5.74) is 0.770. The van der Waals surface area contributed by atoms with Gasteiger partial charge in [0, 0.05) is 48.4 Å². The van der Waals surface area contributed by atoms with Crippen LogP contribution in [-0.2, 0) is 11.3 Å². The van der Waals surface area contributed by atoms with Crippen LogP contribution in [0.2, 0.25) is 0 Å². The molecule has 0 atom stereocenters. The Morgan fingerprint density at radius 1 is 1.30 bits per heavy atom. The second-order valence-corrected chi connectivity index (χ2v) is 6.87. The molecule has 0 bridgehead atoms. The first-order chi connectivity index (χ1) is 11.1. The molecule has 2 aromatic rings. The van der Waals surface area contributed by atoms with Crippen molar-refractivity contribution in [3.8, 4) is 0 Å². The number of benzene rings is 1. The minimum Gasteiger partial charge on any atom is -0.462 e. The molecule has 3 rings (SSSR count). The van der Waals surface area contributed by atoms with E-state index in [-0.39, 0.29) is 11.8 Å². The Hall–Kier alpha value is -1.50. The number of carbonyl (C=O) groups excluding carboxylic acids is 1. The van der Waals surface area contributed by atoms with Crippen LogP contribution in [0.1, 0.15) is 22.2 Å². The molecular formula is C17H21FN2O2S. The van der Waals surface area contributed by atoms with Crippen LogP contribution in [0.15, 0.2) is 18.2 Å². The average molecular weight is 336 g/mol. The average Bonchev–Trinajstić information content (AvgIpc) is 2.90. The standard InChI is InChI=1S/C17H21FN2O2S/c1-3-22-17(21)16-12(11-20-9-7-19(2)8-10-20)15-13(18)5-4-6-14(15)23-16/h4-6H,3,7-11H2,1-2H3. The van der Waals surface area contributed by atoms with Gasteiger partial charge < -0.3 is 9.64 Å². The Morgan fingerprint density at radius 2 is 2.04 bits per heavy atom. The zero-order valence-corrected chi connectivity index (χ0v) is 14.3. The topological polar surface area (TPSA) is 32.8 Å². The monoisotopic (exact) mass is 336 g/mol. The first kappa shape index (κ1) is 16.4. The lowest BCUT2D eigenvalue weighted by atomic mass is 10.1. The molecule has 1 aliphatic heterocycles. The van der Waals surface area contributed by atoms with Gasteiger partial charge in [0.15, 0.2) is 0 Å². The van der Waals surface area contributed by atoms with E-state index in [2.05, 4.69) is 16.8 Å². The van der Waals surface area contributed by atoms with Crippen LogP contribution < -0.4 is 0 Å². The molecule has 23 heavy (non-hydrogen) atoms. The van der Waals surface area contributed by atoms with E-state index in [1.54, 1.807) is 13.0 Å². The van der Waals surface area contributed by atoms with Gasteiger partial charge >= 0.3 is 5.97 Å². The van der Waals surface area contributed by atoms with Crippen LogP contribution in [0, 0.1) is 5.82 Å². The molecule has 1 aromatic heterocycles. The van der Waals surface area contributed by atoms with Gasteiger partial charge in [-0.25, -0.2) is 9.18 Å². The van der Waals surface area contributed by atoms with E-state index in [0.29, 0.717) is 23.4 Å². The van der Waals surface area contributed by atoms with E-state index in [9.17, 15) is 9.18 Å². The Morgan fingerprint density at radius 3 is 2.74 bits per heavy atom. The highest BCUT2D eigenvalue weighted by Gasteiger charge is 2.24. The summed E-state index contributed by atoms with van der Waals surface area (Å²) in [6.45, 7) is 6.51. The highest BCUT2D eigenvalue weighted by Crippen LogP contribution is 2.34. The molecule has 1 aliphatic rings. The highest BCUT2D eigenvalue weighted by molar-refractivity contribution is 7.21. The lowest BCUT2D eigenvalue weighted by Crippen LogP contribution is -2.44. The lowest BCUT2D eigenvalue weighted by Gasteiger charge is -2.32. The summed E-state index contributed by atoms with van der Waals surface area (Å²) in [7, 11) is 2.10. The predicted octanol–water partition coefficient (Wildman–Crippen LogP) is 2.96. The maximum atomic E-state index is 14.4. The number of hydrogen-bond acceptors (Lipinski definition) is 5. The molecule has 0 spiro atoms. The maximum Gasteiger partial charge on any atom is 0.348 e. The summed E-state index contributed by atoms with van der Waals surface area (Å²) in [4.78, 5) is 17.4. The van der Waals surface area contributed by atoms with Crippen LogP contribution in [0.3, 0.4) is 0 Å². The molecule has 0 aliphatic carbocycles. The van der Waals surface area contributed by atoms with Crippen molar-refractivity contribution >= 4 is 27.4 Å². The molecule has 1 aromatic carbocycles. The number of thiophene rings is 1. The van der Waals surface area contributed by atoms with E-state index in [0.717, 1.165) is 36.4 Å². The van der Waals surface area contributed by atoms with Crippen LogP contribution in [0.25, 0.3) is 10.1 Å². The van der Waals surface area contributed by atoms with Crippen LogP contribution in [0.4, 0.5) is 4.39 Å². The summed E-state index contributed by atoms with van der Waals surface area (Å²) in [5, 5.41) is 0.569. The Bertz CT molecular complexity index is 708. The zero-order valence-electron chi connectivity index (χ0n) is 13.5. The van der Waals surface area contributed by atoms with Crippen molar-refractivity contribution in [1.29, 1.82) is 0 Å². The Labute approximate surface area is 139 Å². The van der Waals surface area contributed by atoms with E-state index in [4.69, 9.17) is 4.74 Å². The first-order valence-electron chi connectivity index (χ1n) is 7.88. The second kappa shape index (κ2) is 6.95. The third-order valence-corrected chi connectivity index (χ3v) is 5.38. The number of nitrogens with zero attached hydrogens (tertiary/aromatic N) is 2. The fourth-order valence-electron chi connectivity index (χ4n) is 2.91. The van der Waals surface area contributed by atoms with E-state index >= 15 is 0 Å². The Balaban J connectivity index is 1.98. The van der Waals surface area contributed by atoms with Crippen molar-refractivity contribution in [2.24, 2.45) is 0 Å². The molecule has 0 N–H and O–H groups in total. The molecule has 0 radical (unpaired) electrons. The number of piperazine rings is 1. The number of hydrogen-bond donors (Lipinski definition) is 0. The predicted molar refractivity (Wildman–Crippen MR) is 90.5 cm³/mol. The third-order valence-electron chi connectivity index (χ3n) is 4.20. The highest BCUT2D eigenvalue weighted by atomic mass is 32.1. The van der Waals surface area contributed by atoms with Crippen LogP contribution in [0.5, 0.6) is 0 Å². The van der Waals surface area contributed by atoms with Crippen LogP contribution >= 0.6 is 11.3 Å². The van der Waals surface area contributed by atoms with Crippen molar-refractivity contribution in [2.45, 2.75) is 13.5 Å². The summed E-state index contributed by atoms with van der Waals surface area (Å²) in [6, 6.07) is 5.00. The Kier molecular flexibility index (Phi) is 4.94. The van der Waals surface area contributed by atoms with Gasteiger partial charge in [0.1, 0.15) is 10.7 Å². The van der Waals surface area contributed by atoms with Gasteiger partial charge in [-0.3, -0.25) is 4.90 Å². The van der Waals surface area contributed by atoms with Gasteiger partial charge in [-0.2, -0.15) is 0 Å². The number of halogens is 1. The largest absolute Gasteiger partial charge is 0.462 e. The summed E-state index contributed by atoms with van der Waals surface area (Å²) in [5.74, 6) is -0.615. The molecule has 1 saturated heterocycles. The number of rotatable bonds is 4. The minimum absolute atomic E-state index is 0.265. The molecule has 2 heterocycles. The molecule has 4 nitrogen and oxygen atoms in total. The molecule has 0 amide bonds. The lowest BCUT2D eigenvalue weighted by molar-refractivity contribution is 0.0529.